The highest BCUT2D eigenvalue weighted by Crippen LogP contribution is 2.34. The third-order valence-corrected chi connectivity index (χ3v) is 6.46. The van der Waals surface area contributed by atoms with Gasteiger partial charge in [-0.3, -0.25) is 14.5 Å². The third kappa shape index (κ3) is 10.3. The first kappa shape index (κ1) is 35.1. The monoisotopic (exact) mass is 622 g/mol. The van der Waals surface area contributed by atoms with Gasteiger partial charge in [-0.15, -0.1) is 5.10 Å². The van der Waals surface area contributed by atoms with Crippen LogP contribution in [0, 0.1) is 19.8 Å². The number of rotatable bonds is 11. The molecule has 0 saturated heterocycles. The van der Waals surface area contributed by atoms with Crippen molar-refractivity contribution in [1.82, 2.24) is 20.1 Å². The summed E-state index contributed by atoms with van der Waals surface area (Å²) in [6.07, 6.45) is 1.37. The number of aromatic nitrogens is 3. The van der Waals surface area contributed by atoms with E-state index in [1.165, 1.54) is 10.9 Å². The number of aryl methyl sites for hydroxylation is 2. The molecule has 0 saturated carbocycles. The Morgan fingerprint density at radius 3 is 2.13 bits per heavy atom. The number of carboxylic acids is 1. The van der Waals surface area contributed by atoms with Crippen molar-refractivity contribution in [2.24, 2.45) is 5.92 Å². The average molecular weight is 623 g/mol. The first-order valence-corrected chi connectivity index (χ1v) is 15.0. The molecule has 244 valence electrons. The normalized spacial score (nSPS) is 11.8. The van der Waals surface area contributed by atoms with E-state index >= 15 is 0 Å². The molecule has 0 fully saturated rings. The van der Waals surface area contributed by atoms with Gasteiger partial charge in [-0.05, 0) is 78.9 Å². The van der Waals surface area contributed by atoms with E-state index in [0.29, 0.717) is 17.7 Å². The highest BCUT2D eigenvalue weighted by molar-refractivity contribution is 5.90. The molecule has 0 spiro atoms. The summed E-state index contributed by atoms with van der Waals surface area (Å²) in [6, 6.07) is 8.01. The van der Waals surface area contributed by atoms with Crippen molar-refractivity contribution in [3.05, 3.63) is 64.1 Å². The number of benzene rings is 1. The zero-order valence-corrected chi connectivity index (χ0v) is 28.0. The maximum Gasteiger partial charge on any atom is 0.407 e. The minimum Gasteiger partial charge on any atom is -0.477 e. The zero-order valence-electron chi connectivity index (χ0n) is 28.0. The van der Waals surface area contributed by atoms with E-state index in [1.54, 1.807) is 41.5 Å². The van der Waals surface area contributed by atoms with Crippen molar-refractivity contribution in [3.8, 4) is 17.0 Å². The number of nitrogens with one attached hydrogen (secondary N) is 1. The van der Waals surface area contributed by atoms with Crippen molar-refractivity contribution in [2.45, 2.75) is 107 Å². The van der Waals surface area contributed by atoms with Crippen LogP contribution in [0.5, 0.6) is 5.88 Å². The molecule has 0 atom stereocenters. The van der Waals surface area contributed by atoms with Gasteiger partial charge in [0, 0.05) is 35.3 Å². The fraction of sp³-hybridized carbons (Fsp3) is 0.500. The molecule has 3 rings (SSSR count). The van der Waals surface area contributed by atoms with E-state index in [1.807, 2.05) is 38.1 Å². The first-order valence-electron chi connectivity index (χ1n) is 15.0. The number of aromatic carboxylic acids is 1. The van der Waals surface area contributed by atoms with Crippen LogP contribution in [-0.2, 0) is 40.4 Å². The minimum atomic E-state index is -1.25. The molecular weight excluding hydrogens is 576 g/mol. The van der Waals surface area contributed by atoms with Gasteiger partial charge in [-0.25, -0.2) is 9.59 Å². The van der Waals surface area contributed by atoms with Gasteiger partial charge in [-0.2, -0.15) is 0 Å². The van der Waals surface area contributed by atoms with Gasteiger partial charge in [0.25, 0.3) is 0 Å². The molecule has 2 heterocycles. The highest BCUT2D eigenvalue weighted by atomic mass is 16.6. The number of esters is 1. The summed E-state index contributed by atoms with van der Waals surface area (Å²) < 4.78 is 18.1. The fourth-order valence-corrected chi connectivity index (χ4v) is 4.70. The van der Waals surface area contributed by atoms with Crippen LogP contribution >= 0.6 is 0 Å². The second kappa shape index (κ2) is 14.1. The van der Waals surface area contributed by atoms with E-state index in [9.17, 15) is 19.5 Å². The lowest BCUT2D eigenvalue weighted by Crippen LogP contribution is -2.32. The summed E-state index contributed by atoms with van der Waals surface area (Å²) in [7, 11) is 0. The smallest absolute Gasteiger partial charge is 0.407 e. The van der Waals surface area contributed by atoms with Crippen molar-refractivity contribution < 1.29 is 33.7 Å². The Bertz CT molecular complexity index is 1530. The summed E-state index contributed by atoms with van der Waals surface area (Å²) in [4.78, 5) is 42.1. The van der Waals surface area contributed by atoms with Crippen LogP contribution in [0.3, 0.4) is 0 Å². The Hall–Kier alpha value is -4.41. The van der Waals surface area contributed by atoms with Crippen LogP contribution in [-0.4, -0.2) is 49.1 Å². The lowest BCUT2D eigenvalue weighted by atomic mass is 9.90. The number of carboxylic acid groups (broad SMARTS) is 1. The summed E-state index contributed by atoms with van der Waals surface area (Å²) in [5.74, 6) is -1.65. The molecule has 2 N–H and O–H groups in total. The SMILES string of the molecule is Cc1ccc(-c2c(COc3nn(CC(=O)OC(C)(C)C)cc3C(=O)O)c(C)nc(CC(C)C)c2CNC(=O)OC(C)(C)C)cc1. The molecule has 0 unspecified atom stereocenters. The van der Waals surface area contributed by atoms with E-state index in [0.717, 1.165) is 27.9 Å². The lowest BCUT2D eigenvalue weighted by Gasteiger charge is -2.23. The Labute approximate surface area is 265 Å². The van der Waals surface area contributed by atoms with Crippen LogP contribution in [0.15, 0.2) is 30.5 Å². The van der Waals surface area contributed by atoms with Gasteiger partial charge in [0.2, 0.25) is 5.88 Å². The van der Waals surface area contributed by atoms with Gasteiger partial charge in [0.1, 0.15) is 29.9 Å². The number of alkyl carbamates (subject to hydrolysis) is 1. The Kier molecular flexibility index (Phi) is 11.0. The predicted molar refractivity (Wildman–Crippen MR) is 170 cm³/mol. The summed E-state index contributed by atoms with van der Waals surface area (Å²) in [5, 5.41) is 17.0. The number of amides is 1. The van der Waals surface area contributed by atoms with E-state index < -0.39 is 29.2 Å². The fourth-order valence-electron chi connectivity index (χ4n) is 4.70. The van der Waals surface area contributed by atoms with Crippen LogP contribution in [0.1, 0.15) is 93.8 Å². The van der Waals surface area contributed by atoms with Gasteiger partial charge >= 0.3 is 18.0 Å². The second-order valence-electron chi connectivity index (χ2n) is 13.5. The molecule has 1 aromatic carbocycles. The molecule has 45 heavy (non-hydrogen) atoms. The van der Waals surface area contributed by atoms with Crippen molar-refractivity contribution >= 4 is 18.0 Å². The molecule has 0 aliphatic heterocycles. The molecule has 0 radical (unpaired) electrons. The number of hydrogen-bond donors (Lipinski definition) is 2. The van der Waals surface area contributed by atoms with Crippen LogP contribution in [0.25, 0.3) is 11.1 Å². The maximum absolute atomic E-state index is 12.7. The van der Waals surface area contributed by atoms with Gasteiger partial charge in [-0.1, -0.05) is 43.7 Å². The van der Waals surface area contributed by atoms with Crippen molar-refractivity contribution in [3.63, 3.8) is 0 Å². The standard InChI is InChI=1S/C34H46N4O7/c1-20(2)15-27-24(16-35-32(42)45-34(8,9)10)29(23-13-11-21(3)12-14-23)26(22(4)36-27)19-43-30-25(31(40)41)17-38(37-30)18-28(39)44-33(5,6)7/h11-14,17,20H,15-16,18-19H2,1-10H3,(H,35,42)(H,40,41). The van der Waals surface area contributed by atoms with Crippen molar-refractivity contribution in [2.75, 3.05) is 0 Å². The molecule has 0 bridgehead atoms. The zero-order chi connectivity index (χ0) is 33.7. The molecule has 0 aliphatic rings. The summed E-state index contributed by atoms with van der Waals surface area (Å²) in [6.45, 7) is 18.6. The number of nitrogens with zero attached hydrogens (tertiary/aromatic N) is 3. The largest absolute Gasteiger partial charge is 0.477 e. The number of ether oxygens (including phenoxy) is 3. The summed E-state index contributed by atoms with van der Waals surface area (Å²) >= 11 is 0. The quantitative estimate of drug-likeness (QED) is 0.232. The van der Waals surface area contributed by atoms with E-state index in [2.05, 4.69) is 24.3 Å². The van der Waals surface area contributed by atoms with Gasteiger partial charge in [0.05, 0.1) is 0 Å². The number of carbonyl (C=O) groups is 3. The molecule has 1 amide bonds. The first-order chi connectivity index (χ1) is 20.8. The molecular formula is C34H46N4O7. The highest BCUT2D eigenvalue weighted by Gasteiger charge is 2.25. The lowest BCUT2D eigenvalue weighted by molar-refractivity contribution is -0.155. The molecule has 11 nitrogen and oxygen atoms in total. The topological polar surface area (TPSA) is 142 Å². The number of carbonyl (C=O) groups excluding carboxylic acids is 2. The number of hydrogen-bond acceptors (Lipinski definition) is 8. The minimum absolute atomic E-state index is 0.0623. The van der Waals surface area contributed by atoms with Crippen molar-refractivity contribution in [1.29, 1.82) is 0 Å². The maximum atomic E-state index is 12.7. The molecule has 11 heteroatoms. The van der Waals surface area contributed by atoms with Crippen LogP contribution < -0.4 is 10.1 Å². The molecule has 3 aromatic rings. The molecule has 2 aromatic heterocycles. The third-order valence-electron chi connectivity index (χ3n) is 6.46. The van der Waals surface area contributed by atoms with Crippen LogP contribution in [0.2, 0.25) is 0 Å². The number of pyridine rings is 1. The Morgan fingerprint density at radius 2 is 1.58 bits per heavy atom. The van der Waals surface area contributed by atoms with E-state index in [4.69, 9.17) is 19.2 Å². The predicted octanol–water partition coefficient (Wildman–Crippen LogP) is 6.40. The van der Waals surface area contributed by atoms with E-state index in [-0.39, 0.29) is 37.1 Å². The Morgan fingerprint density at radius 1 is 0.956 bits per heavy atom. The van der Waals surface area contributed by atoms with Gasteiger partial charge in [0.15, 0.2) is 0 Å². The molecule has 0 aliphatic carbocycles. The van der Waals surface area contributed by atoms with Crippen LogP contribution in [0.4, 0.5) is 4.79 Å². The van der Waals surface area contributed by atoms with Gasteiger partial charge < -0.3 is 24.6 Å². The average Bonchev–Trinajstić information content (AvgIpc) is 3.28. The Balaban J connectivity index is 2.08. The summed E-state index contributed by atoms with van der Waals surface area (Å²) in [5.41, 5.74) is 4.32. The second-order valence-corrected chi connectivity index (χ2v) is 13.5.